The maximum absolute atomic E-state index is 15.5. The highest BCUT2D eigenvalue weighted by molar-refractivity contribution is 5.94. The molecule has 510 valence electrons. The summed E-state index contributed by atoms with van der Waals surface area (Å²) in [5.74, 6) is -3.96. The average Bonchev–Trinajstić information content (AvgIpc) is 3.18. The number of likely N-dealkylation sites (N-methyl/N-ethyl adjacent to an activating group) is 4. The average molecular weight is 1240 g/mol. The second-order valence-electron chi connectivity index (χ2n) is 29.7. The van der Waals surface area contributed by atoms with Crippen molar-refractivity contribution in [2.75, 3.05) is 121 Å². The third-order valence-electron chi connectivity index (χ3n) is 19.5. The molecular weight excluding hydrogens is 1110 g/mol. The van der Waals surface area contributed by atoms with E-state index >= 15 is 4.79 Å². The van der Waals surface area contributed by atoms with Gasteiger partial charge in [-0.2, -0.15) is 0 Å². The molecule has 2 rings (SSSR count). The number of nitrogens with zero attached hydrogens (tertiary/aromatic N) is 4. The van der Waals surface area contributed by atoms with Crippen molar-refractivity contribution < 1.29 is 47.8 Å². The van der Waals surface area contributed by atoms with Crippen LogP contribution in [0.1, 0.15) is 223 Å². The van der Waals surface area contributed by atoms with E-state index in [1.54, 1.807) is 41.5 Å². The van der Waals surface area contributed by atoms with Gasteiger partial charge in [0.15, 0.2) is 0 Å². The minimum atomic E-state index is -1.29. The number of esters is 2. The largest absolute Gasteiger partial charge is 0.465 e. The van der Waals surface area contributed by atoms with E-state index in [9.17, 15) is 33.6 Å². The zero-order valence-corrected chi connectivity index (χ0v) is 58.9. The number of Topliss-reactive ketones (excluding diaryl/α,β-unsaturated/α-hetero) is 4. The highest BCUT2D eigenvalue weighted by Gasteiger charge is 2.45. The molecule has 17 nitrogen and oxygen atoms in total. The number of ether oxygens (including phenoxy) is 2. The lowest BCUT2D eigenvalue weighted by Crippen LogP contribution is -2.44. The molecule has 0 saturated heterocycles. The zero-order chi connectivity index (χ0) is 66.0. The number of carbonyl (C=O) groups is 8. The van der Waals surface area contributed by atoms with E-state index < -0.39 is 45.9 Å². The number of unbranched alkanes of at least 4 members (excludes halogenated alkanes) is 3. The smallest absolute Gasteiger partial charge is 0.309 e. The molecule has 4 atom stereocenters. The van der Waals surface area contributed by atoms with Gasteiger partial charge in [-0.25, -0.2) is 0 Å². The quantitative estimate of drug-likeness (QED) is 0.0383. The molecule has 2 aliphatic carbocycles. The first-order chi connectivity index (χ1) is 41.5. The van der Waals surface area contributed by atoms with Gasteiger partial charge in [0.2, 0.25) is 11.8 Å². The topological polar surface area (TPSA) is 204 Å². The van der Waals surface area contributed by atoms with Crippen molar-refractivity contribution in [2.45, 2.75) is 223 Å². The van der Waals surface area contributed by atoms with Crippen molar-refractivity contribution >= 4 is 46.9 Å². The monoisotopic (exact) mass is 1240 g/mol. The Labute approximate surface area is 535 Å². The molecule has 0 aromatic heterocycles. The molecule has 0 heterocycles. The maximum atomic E-state index is 15.5. The summed E-state index contributed by atoms with van der Waals surface area (Å²) in [4.78, 5) is 124. The van der Waals surface area contributed by atoms with Gasteiger partial charge >= 0.3 is 11.9 Å². The summed E-state index contributed by atoms with van der Waals surface area (Å²) < 4.78 is 12.0. The molecule has 2 fully saturated rings. The first-order valence-corrected chi connectivity index (χ1v) is 34.8. The van der Waals surface area contributed by atoms with Crippen LogP contribution in [0.3, 0.4) is 0 Å². The molecule has 2 amide bonds. The summed E-state index contributed by atoms with van der Waals surface area (Å²) in [6.07, 6.45) is 17.4. The fraction of sp³-hybridized carbons (Fsp3) is 0.887. The van der Waals surface area contributed by atoms with Crippen LogP contribution in [0, 0.1) is 63.6 Å². The SMILES string of the molecule is CCCCNCC(=O)C(CC(=O)NCCN(C)CCN(C)C)CC(C)(C)C(=O)CC(CC(C)(C)C(=O)C(CC(=O)OCC1CCC(CCCC)CC1)CC(C)(C)C(=O)CC(CC)C(=O)OCC1CCC(CCCC)CC1)C(=O)NCCN(C)CCN(C)C. The van der Waals surface area contributed by atoms with E-state index in [0.29, 0.717) is 57.6 Å². The Balaban J connectivity index is 2.50. The Bertz CT molecular complexity index is 2060. The Morgan fingerprint density at radius 2 is 0.909 bits per heavy atom. The third-order valence-corrected chi connectivity index (χ3v) is 19.5. The van der Waals surface area contributed by atoms with Gasteiger partial charge in [0, 0.05) is 106 Å². The van der Waals surface area contributed by atoms with E-state index in [1.165, 1.54) is 38.5 Å². The molecule has 4 unspecified atom stereocenters. The normalized spacial score (nSPS) is 19.1. The van der Waals surface area contributed by atoms with Crippen molar-refractivity contribution in [2.24, 2.45) is 63.6 Å². The van der Waals surface area contributed by atoms with Gasteiger partial charge in [0.05, 0.1) is 32.1 Å². The molecule has 3 N–H and O–H groups in total. The summed E-state index contributed by atoms with van der Waals surface area (Å²) in [5.41, 5.74) is -3.59. The van der Waals surface area contributed by atoms with E-state index in [0.717, 1.165) is 96.3 Å². The molecule has 0 bridgehead atoms. The third kappa shape index (κ3) is 32.6. The van der Waals surface area contributed by atoms with Gasteiger partial charge in [-0.3, -0.25) is 38.4 Å². The minimum absolute atomic E-state index is 0.00401. The van der Waals surface area contributed by atoms with Crippen molar-refractivity contribution in [3.8, 4) is 0 Å². The highest BCUT2D eigenvalue weighted by atomic mass is 16.5. The molecule has 0 aromatic rings. The van der Waals surface area contributed by atoms with Gasteiger partial charge in [0.25, 0.3) is 0 Å². The number of amides is 2. The van der Waals surface area contributed by atoms with Gasteiger partial charge in [-0.15, -0.1) is 0 Å². The summed E-state index contributed by atoms with van der Waals surface area (Å²) in [5, 5.41) is 9.32. The first-order valence-electron chi connectivity index (χ1n) is 34.8. The van der Waals surface area contributed by atoms with Crippen LogP contribution < -0.4 is 16.0 Å². The Kier molecular flexibility index (Phi) is 38.8. The second-order valence-corrected chi connectivity index (χ2v) is 29.7. The van der Waals surface area contributed by atoms with Gasteiger partial charge < -0.3 is 45.0 Å². The number of ketones is 4. The Morgan fingerprint density at radius 1 is 0.466 bits per heavy atom. The first kappa shape index (κ1) is 80.5. The standard InChI is InChI=1S/C71H131N7O10/c1-17-21-24-53-26-30-55(31-27-53)51-87-65(83)46-59(48-70(7,8)62(80)43-57(20-4)68(86)88-52-56-32-28-54(29-33-56)25-22-18-2)66(84)71(9,10)49-60(67(85)74-36-38-78(16)42-40-76(13)14)44-63(81)69(5,6)47-58(61(79)50-72-34-23-19-3)45-64(82)73-35-37-77(15)41-39-75(11)12/h53-60,72H,17-52H2,1-16H3,(H,73,82)(H,74,85). The molecule has 88 heavy (non-hydrogen) atoms. The van der Waals surface area contributed by atoms with Crippen molar-refractivity contribution in [3.63, 3.8) is 0 Å². The molecular formula is C71H131N7O10. The van der Waals surface area contributed by atoms with Crippen LogP contribution in [-0.4, -0.2) is 187 Å². The molecule has 2 aliphatic rings. The molecule has 2 saturated carbocycles. The van der Waals surface area contributed by atoms with Crippen LogP contribution in [0.5, 0.6) is 0 Å². The van der Waals surface area contributed by atoms with E-state index in [-0.39, 0.29) is 105 Å². The summed E-state index contributed by atoms with van der Waals surface area (Å²) in [7, 11) is 12.0. The lowest BCUT2D eigenvalue weighted by Gasteiger charge is -2.35. The van der Waals surface area contributed by atoms with Crippen LogP contribution in [0.25, 0.3) is 0 Å². The van der Waals surface area contributed by atoms with Crippen LogP contribution in [0.15, 0.2) is 0 Å². The predicted octanol–water partition coefficient (Wildman–Crippen LogP) is 10.6. The van der Waals surface area contributed by atoms with Crippen molar-refractivity contribution in [1.82, 2.24) is 35.6 Å². The van der Waals surface area contributed by atoms with E-state index in [4.69, 9.17) is 9.47 Å². The lowest BCUT2D eigenvalue weighted by atomic mass is 9.67. The lowest BCUT2D eigenvalue weighted by molar-refractivity contribution is -0.153. The van der Waals surface area contributed by atoms with Crippen LogP contribution in [0.4, 0.5) is 0 Å². The molecule has 17 heteroatoms. The fourth-order valence-electron chi connectivity index (χ4n) is 12.9. The summed E-state index contributed by atoms with van der Waals surface area (Å²) in [6, 6.07) is 0. The summed E-state index contributed by atoms with van der Waals surface area (Å²) >= 11 is 0. The summed E-state index contributed by atoms with van der Waals surface area (Å²) in [6.45, 7) is 25.5. The Morgan fingerprint density at radius 3 is 1.39 bits per heavy atom. The number of hydrogen-bond acceptors (Lipinski definition) is 15. The van der Waals surface area contributed by atoms with Crippen molar-refractivity contribution in [1.29, 1.82) is 0 Å². The number of carbonyl (C=O) groups excluding carboxylic acids is 8. The van der Waals surface area contributed by atoms with Crippen molar-refractivity contribution in [3.05, 3.63) is 0 Å². The molecule has 0 radical (unpaired) electrons. The van der Waals surface area contributed by atoms with E-state index in [1.807, 2.05) is 49.2 Å². The second kappa shape index (κ2) is 42.5. The minimum Gasteiger partial charge on any atom is -0.465 e. The molecule has 0 spiro atoms. The van der Waals surface area contributed by atoms with E-state index in [2.05, 4.69) is 56.3 Å². The molecule has 0 aliphatic heterocycles. The highest BCUT2D eigenvalue weighted by Crippen LogP contribution is 2.41. The van der Waals surface area contributed by atoms with Gasteiger partial charge in [0.1, 0.15) is 23.1 Å². The number of nitrogens with one attached hydrogen (secondary N) is 3. The van der Waals surface area contributed by atoms with Crippen LogP contribution >= 0.6 is 0 Å². The van der Waals surface area contributed by atoms with Crippen LogP contribution in [0.2, 0.25) is 0 Å². The van der Waals surface area contributed by atoms with Crippen LogP contribution in [-0.2, 0) is 47.8 Å². The maximum Gasteiger partial charge on any atom is 0.309 e. The number of rotatable bonds is 49. The number of hydrogen-bond donors (Lipinski definition) is 3. The van der Waals surface area contributed by atoms with Gasteiger partial charge in [-0.05, 0) is 130 Å². The fourth-order valence-corrected chi connectivity index (χ4v) is 12.9. The predicted molar refractivity (Wildman–Crippen MR) is 356 cm³/mol. The Hall–Kier alpha value is -3.64. The zero-order valence-electron chi connectivity index (χ0n) is 58.9. The molecule has 0 aromatic carbocycles. The van der Waals surface area contributed by atoms with Gasteiger partial charge in [-0.1, -0.05) is 140 Å².